The largest absolute Gasteiger partial charge is 0.469 e. The average Bonchev–Trinajstić information content (AvgIpc) is 2.87. The zero-order valence-electron chi connectivity index (χ0n) is 8.93. The van der Waals surface area contributed by atoms with Crippen molar-refractivity contribution in [3.05, 3.63) is 40.2 Å². The van der Waals surface area contributed by atoms with E-state index in [2.05, 4.69) is 15.0 Å². The summed E-state index contributed by atoms with van der Waals surface area (Å²) in [7, 11) is 0. The Morgan fingerprint density at radius 1 is 1.53 bits per heavy atom. The highest BCUT2D eigenvalue weighted by atomic mass is 16.3. The van der Waals surface area contributed by atoms with Gasteiger partial charge >= 0.3 is 0 Å². The zero-order chi connectivity index (χ0) is 11.8. The first-order valence-corrected chi connectivity index (χ1v) is 5.20. The molecular weight excluding hydrogens is 220 g/mol. The summed E-state index contributed by atoms with van der Waals surface area (Å²) in [5.74, 6) is 0.948. The lowest BCUT2D eigenvalue weighted by molar-refractivity contribution is 0.526. The van der Waals surface area contributed by atoms with Gasteiger partial charge in [-0.2, -0.15) is 0 Å². The topological polar surface area (TPSA) is 97.3 Å². The predicted octanol–water partition coefficient (Wildman–Crippen LogP) is 0.816. The monoisotopic (exact) mass is 230 g/mol. The number of nitrogens with two attached hydrogens (primary N) is 1. The fourth-order valence-electron chi connectivity index (χ4n) is 1.88. The van der Waals surface area contributed by atoms with Crippen molar-refractivity contribution >= 4 is 17.3 Å². The van der Waals surface area contributed by atoms with Gasteiger partial charge in [0, 0.05) is 18.6 Å². The summed E-state index contributed by atoms with van der Waals surface area (Å²) in [5.41, 5.74) is 7.04. The van der Waals surface area contributed by atoms with E-state index in [1.54, 1.807) is 6.26 Å². The Labute approximate surface area is 96.2 Å². The molecule has 0 fully saturated rings. The van der Waals surface area contributed by atoms with Gasteiger partial charge in [0.2, 0.25) is 5.95 Å². The minimum atomic E-state index is -0.290. The Balaban J connectivity index is 1.92. The molecule has 3 rings (SSSR count). The molecule has 17 heavy (non-hydrogen) atoms. The van der Waals surface area contributed by atoms with Gasteiger partial charge < -0.3 is 10.2 Å². The smallest absolute Gasteiger partial charge is 0.278 e. The van der Waals surface area contributed by atoms with E-state index in [0.717, 1.165) is 11.5 Å². The van der Waals surface area contributed by atoms with Gasteiger partial charge in [-0.3, -0.25) is 9.78 Å². The summed E-state index contributed by atoms with van der Waals surface area (Å²) in [5, 5.41) is 0. The summed E-state index contributed by atoms with van der Waals surface area (Å²) in [4.78, 5) is 22.3. The average molecular weight is 230 g/mol. The summed E-state index contributed by atoms with van der Waals surface area (Å²) < 4.78 is 5.24. The van der Waals surface area contributed by atoms with Crippen LogP contribution in [0, 0.1) is 0 Å². The molecule has 0 saturated carbocycles. The van der Waals surface area contributed by atoms with E-state index in [4.69, 9.17) is 10.2 Å². The van der Waals surface area contributed by atoms with Gasteiger partial charge in [-0.1, -0.05) is 0 Å². The van der Waals surface area contributed by atoms with Crippen molar-refractivity contribution in [3.63, 3.8) is 0 Å². The van der Waals surface area contributed by atoms with E-state index in [-0.39, 0.29) is 11.5 Å². The van der Waals surface area contributed by atoms with Gasteiger partial charge in [0.15, 0.2) is 0 Å². The molecule has 6 nitrogen and oxygen atoms in total. The minimum absolute atomic E-state index is 0.128. The number of H-pyrrole nitrogens is 1. The van der Waals surface area contributed by atoms with Crippen LogP contribution in [0.3, 0.4) is 0 Å². The molecule has 0 aromatic carbocycles. The van der Waals surface area contributed by atoms with Gasteiger partial charge in [0.05, 0.1) is 12.0 Å². The molecule has 0 amide bonds. The molecule has 86 valence electrons. The second-order valence-electron chi connectivity index (χ2n) is 3.86. The van der Waals surface area contributed by atoms with Crippen molar-refractivity contribution in [3.8, 4) is 0 Å². The number of aromatic amines is 1. The molecule has 3 heterocycles. The molecule has 0 atom stereocenters. The third-order valence-electron chi connectivity index (χ3n) is 2.59. The fourth-order valence-corrected chi connectivity index (χ4v) is 1.88. The Morgan fingerprint density at radius 2 is 2.41 bits per heavy atom. The van der Waals surface area contributed by atoms with Crippen LogP contribution in [0.5, 0.6) is 0 Å². The molecule has 0 radical (unpaired) electrons. The van der Waals surface area contributed by atoms with E-state index in [1.165, 1.54) is 0 Å². The van der Waals surface area contributed by atoms with Crippen LogP contribution in [0.15, 0.2) is 32.6 Å². The number of hydrogen-bond acceptors (Lipinski definition) is 5. The molecule has 2 aromatic rings. The number of fused-ring (bicyclic) bond motifs is 1. The standard InChI is InChI=1S/C11H10N4O2/c12-11-14-8-5-6(4-7-2-1-3-17-7)13-9(8)10(16)15-11/h1-3H,4-5H2,(H3,12,14,15,16). The number of nitrogen functional groups attached to an aromatic ring is 1. The molecule has 0 spiro atoms. The summed E-state index contributed by atoms with van der Waals surface area (Å²) in [6.07, 6.45) is 2.74. The lowest BCUT2D eigenvalue weighted by atomic mass is 10.1. The molecule has 1 aliphatic heterocycles. The lowest BCUT2D eigenvalue weighted by Crippen LogP contribution is -2.11. The maximum Gasteiger partial charge on any atom is 0.278 e. The third-order valence-corrected chi connectivity index (χ3v) is 2.59. The number of anilines is 1. The van der Waals surface area contributed by atoms with Crippen molar-refractivity contribution in [2.75, 3.05) is 5.73 Å². The van der Waals surface area contributed by atoms with Crippen molar-refractivity contribution in [1.29, 1.82) is 0 Å². The van der Waals surface area contributed by atoms with Crippen LogP contribution in [-0.2, 0) is 12.8 Å². The van der Waals surface area contributed by atoms with Crippen LogP contribution in [0.2, 0.25) is 0 Å². The maximum atomic E-state index is 11.6. The molecule has 0 bridgehead atoms. The number of aliphatic imine (C=N–C) groups is 1. The number of nitrogens with zero attached hydrogens (tertiary/aromatic N) is 2. The van der Waals surface area contributed by atoms with Gasteiger partial charge in [0.25, 0.3) is 5.56 Å². The highest BCUT2D eigenvalue weighted by Crippen LogP contribution is 2.22. The van der Waals surface area contributed by atoms with Gasteiger partial charge in [-0.25, -0.2) is 9.98 Å². The second-order valence-corrected chi connectivity index (χ2v) is 3.86. The van der Waals surface area contributed by atoms with Gasteiger partial charge in [-0.15, -0.1) is 0 Å². The highest BCUT2D eigenvalue weighted by molar-refractivity contribution is 5.94. The zero-order valence-corrected chi connectivity index (χ0v) is 8.93. The van der Waals surface area contributed by atoms with Crippen LogP contribution in [-0.4, -0.2) is 15.7 Å². The van der Waals surface area contributed by atoms with Crippen molar-refractivity contribution in [1.82, 2.24) is 9.97 Å². The fraction of sp³-hybridized carbons (Fsp3) is 0.182. The van der Waals surface area contributed by atoms with Gasteiger partial charge in [-0.05, 0) is 12.1 Å². The van der Waals surface area contributed by atoms with E-state index in [1.807, 2.05) is 12.1 Å². The van der Waals surface area contributed by atoms with Crippen LogP contribution in [0.25, 0.3) is 0 Å². The number of hydrogen-bond donors (Lipinski definition) is 2. The Hall–Kier alpha value is -2.37. The molecule has 0 unspecified atom stereocenters. The lowest BCUT2D eigenvalue weighted by Gasteiger charge is -1.96. The first-order chi connectivity index (χ1) is 8.22. The molecule has 6 heteroatoms. The molecule has 2 aromatic heterocycles. The highest BCUT2D eigenvalue weighted by Gasteiger charge is 2.20. The summed E-state index contributed by atoms with van der Waals surface area (Å²) in [6, 6.07) is 3.69. The van der Waals surface area contributed by atoms with Crippen LogP contribution in [0.4, 0.5) is 11.6 Å². The van der Waals surface area contributed by atoms with Gasteiger partial charge in [0.1, 0.15) is 11.4 Å². The molecular formula is C11H10N4O2. The van der Waals surface area contributed by atoms with Crippen LogP contribution < -0.4 is 11.3 Å². The van der Waals surface area contributed by atoms with Crippen LogP contribution in [0.1, 0.15) is 11.5 Å². The third kappa shape index (κ3) is 1.73. The Bertz CT molecular complexity index is 640. The Kier molecular flexibility index (Phi) is 2.07. The first kappa shape index (κ1) is 9.83. The van der Waals surface area contributed by atoms with E-state index in [9.17, 15) is 4.79 Å². The van der Waals surface area contributed by atoms with Crippen molar-refractivity contribution in [2.45, 2.75) is 12.8 Å². The normalized spacial score (nSPS) is 13.5. The minimum Gasteiger partial charge on any atom is -0.469 e. The summed E-state index contributed by atoms with van der Waals surface area (Å²) in [6.45, 7) is 0. The van der Waals surface area contributed by atoms with E-state index in [0.29, 0.717) is 24.2 Å². The Morgan fingerprint density at radius 3 is 3.18 bits per heavy atom. The van der Waals surface area contributed by atoms with E-state index < -0.39 is 0 Å². The van der Waals surface area contributed by atoms with E-state index >= 15 is 0 Å². The number of nitrogens with one attached hydrogen (secondary N) is 1. The number of rotatable bonds is 2. The maximum absolute atomic E-state index is 11.6. The van der Waals surface area contributed by atoms with Crippen molar-refractivity contribution < 1.29 is 4.42 Å². The SMILES string of the molecule is Nc1nc2c(c(=O)[nH]1)N=C(Cc1ccco1)C2. The number of furan rings is 1. The first-order valence-electron chi connectivity index (χ1n) is 5.20. The quantitative estimate of drug-likeness (QED) is 0.797. The number of aromatic nitrogens is 2. The predicted molar refractivity (Wildman–Crippen MR) is 62.5 cm³/mol. The molecule has 0 saturated heterocycles. The van der Waals surface area contributed by atoms with Crippen molar-refractivity contribution in [2.24, 2.45) is 4.99 Å². The second kappa shape index (κ2) is 3.58. The molecule has 1 aliphatic rings. The summed E-state index contributed by atoms with van der Waals surface area (Å²) >= 11 is 0. The molecule has 0 aliphatic carbocycles. The van der Waals surface area contributed by atoms with Crippen LogP contribution >= 0.6 is 0 Å². The molecule has 3 N–H and O–H groups in total.